The molecule has 96 valence electrons. The van der Waals surface area contributed by atoms with E-state index in [9.17, 15) is 8.78 Å². The molecule has 1 aromatic rings. The summed E-state index contributed by atoms with van der Waals surface area (Å²) in [5, 5.41) is 11.5. The minimum Gasteiger partial charge on any atom is -0.492 e. The maximum atomic E-state index is 11.9. The van der Waals surface area contributed by atoms with Crippen molar-refractivity contribution in [2.75, 3.05) is 19.7 Å². The van der Waals surface area contributed by atoms with Crippen LogP contribution in [0.4, 0.5) is 8.78 Å². The largest absolute Gasteiger partial charge is 0.492 e. The van der Waals surface area contributed by atoms with Crippen LogP contribution in [0.3, 0.4) is 0 Å². The van der Waals surface area contributed by atoms with Crippen LogP contribution in [0.1, 0.15) is 0 Å². The summed E-state index contributed by atoms with van der Waals surface area (Å²) in [6.07, 6.45) is -4.34. The van der Waals surface area contributed by atoms with Crippen molar-refractivity contribution < 1.29 is 18.6 Å². The van der Waals surface area contributed by atoms with Crippen LogP contribution in [0.5, 0.6) is 5.75 Å². The van der Waals surface area contributed by atoms with Crippen molar-refractivity contribution in [2.45, 2.75) is 12.5 Å². The van der Waals surface area contributed by atoms with Gasteiger partial charge in [0.15, 0.2) is 0 Å². The van der Waals surface area contributed by atoms with Crippen molar-refractivity contribution in [3.8, 4) is 5.75 Å². The third-order valence-corrected chi connectivity index (χ3v) is 2.48. The fourth-order valence-corrected chi connectivity index (χ4v) is 1.52. The third-order valence-electron chi connectivity index (χ3n) is 1.99. The van der Waals surface area contributed by atoms with E-state index in [1.807, 2.05) is 18.2 Å². The monoisotopic (exact) mass is 309 g/mol. The topological polar surface area (TPSA) is 41.5 Å². The summed E-state index contributed by atoms with van der Waals surface area (Å²) in [6, 6.07) is 7.34. The van der Waals surface area contributed by atoms with Gasteiger partial charge in [-0.1, -0.05) is 22.0 Å². The predicted molar refractivity (Wildman–Crippen MR) is 64.5 cm³/mol. The van der Waals surface area contributed by atoms with E-state index in [-0.39, 0.29) is 6.54 Å². The Morgan fingerprint density at radius 2 is 2.18 bits per heavy atom. The van der Waals surface area contributed by atoms with E-state index < -0.39 is 12.5 Å². The molecule has 0 radical (unpaired) electrons. The molecule has 2 N–H and O–H groups in total. The number of hydrogen-bond donors (Lipinski definition) is 2. The van der Waals surface area contributed by atoms with E-state index in [1.165, 1.54) is 0 Å². The van der Waals surface area contributed by atoms with E-state index in [2.05, 4.69) is 21.2 Å². The van der Waals surface area contributed by atoms with Crippen molar-refractivity contribution in [3.63, 3.8) is 0 Å². The first-order chi connectivity index (χ1) is 8.09. The number of benzene rings is 1. The van der Waals surface area contributed by atoms with Crippen LogP contribution in [0.25, 0.3) is 0 Å². The number of ether oxygens (including phenoxy) is 1. The summed E-state index contributed by atoms with van der Waals surface area (Å²) >= 11 is 3.31. The van der Waals surface area contributed by atoms with Crippen LogP contribution in [0.15, 0.2) is 28.7 Å². The second-order valence-corrected chi connectivity index (χ2v) is 4.33. The van der Waals surface area contributed by atoms with Gasteiger partial charge in [-0.15, -0.1) is 0 Å². The Hall–Kier alpha value is -0.720. The van der Waals surface area contributed by atoms with Gasteiger partial charge in [-0.3, -0.25) is 0 Å². The van der Waals surface area contributed by atoms with Gasteiger partial charge in [0.05, 0.1) is 0 Å². The smallest absolute Gasteiger partial charge is 0.265 e. The Morgan fingerprint density at radius 1 is 1.41 bits per heavy atom. The summed E-state index contributed by atoms with van der Waals surface area (Å²) < 4.78 is 30.1. The minimum absolute atomic E-state index is 0.139. The van der Waals surface area contributed by atoms with Crippen LogP contribution in [-0.2, 0) is 0 Å². The van der Waals surface area contributed by atoms with Gasteiger partial charge in [-0.05, 0) is 18.2 Å². The van der Waals surface area contributed by atoms with Gasteiger partial charge < -0.3 is 15.2 Å². The average Bonchev–Trinajstić information content (AvgIpc) is 2.28. The van der Waals surface area contributed by atoms with Crippen LogP contribution >= 0.6 is 15.9 Å². The molecule has 0 saturated carbocycles. The Labute approximate surface area is 107 Å². The van der Waals surface area contributed by atoms with E-state index in [1.54, 1.807) is 6.07 Å². The summed E-state index contributed by atoms with van der Waals surface area (Å²) in [7, 11) is 0. The molecule has 1 atom stereocenters. The Kier molecular flexibility index (Phi) is 6.39. The molecule has 0 aromatic heterocycles. The molecule has 1 rings (SSSR count). The minimum atomic E-state index is -2.71. The lowest BCUT2D eigenvalue weighted by Gasteiger charge is -2.11. The summed E-state index contributed by atoms with van der Waals surface area (Å²) in [4.78, 5) is 0. The van der Waals surface area contributed by atoms with Crippen LogP contribution in [0.2, 0.25) is 0 Å². The van der Waals surface area contributed by atoms with Gasteiger partial charge in [0, 0.05) is 17.6 Å². The standard InChI is InChI=1S/C11H14BrF2NO2/c12-8-2-1-3-9(6-8)17-5-4-15-7-10(16)11(13)14/h1-3,6,10-11,15-16H,4-5,7H2. The van der Waals surface area contributed by atoms with Gasteiger partial charge in [0.1, 0.15) is 18.5 Å². The van der Waals surface area contributed by atoms with Gasteiger partial charge in [-0.2, -0.15) is 0 Å². The molecule has 1 unspecified atom stereocenters. The summed E-state index contributed by atoms with van der Waals surface area (Å²) in [5.41, 5.74) is 0. The highest BCUT2D eigenvalue weighted by Crippen LogP contribution is 2.17. The zero-order valence-electron chi connectivity index (χ0n) is 9.07. The molecule has 0 fully saturated rings. The highest BCUT2D eigenvalue weighted by molar-refractivity contribution is 9.10. The predicted octanol–water partition coefficient (Wildman–Crippen LogP) is 2.04. The van der Waals surface area contributed by atoms with Gasteiger partial charge in [-0.25, -0.2) is 8.78 Å². The Morgan fingerprint density at radius 3 is 2.82 bits per heavy atom. The quantitative estimate of drug-likeness (QED) is 0.757. The molecule has 0 saturated heterocycles. The molecule has 0 aliphatic carbocycles. The van der Waals surface area contributed by atoms with E-state index in [0.717, 1.165) is 4.47 Å². The first-order valence-electron chi connectivity index (χ1n) is 5.15. The van der Waals surface area contributed by atoms with E-state index in [4.69, 9.17) is 9.84 Å². The highest BCUT2D eigenvalue weighted by Gasteiger charge is 2.15. The second kappa shape index (κ2) is 7.58. The normalized spacial score (nSPS) is 12.8. The van der Waals surface area contributed by atoms with Crippen molar-refractivity contribution in [1.82, 2.24) is 5.32 Å². The SMILES string of the molecule is OC(CNCCOc1cccc(Br)c1)C(F)F. The number of halogens is 3. The van der Waals surface area contributed by atoms with Crippen molar-refractivity contribution in [2.24, 2.45) is 0 Å². The van der Waals surface area contributed by atoms with Crippen molar-refractivity contribution in [3.05, 3.63) is 28.7 Å². The first kappa shape index (κ1) is 14.3. The molecular weight excluding hydrogens is 296 g/mol. The summed E-state index contributed by atoms with van der Waals surface area (Å²) in [6.45, 7) is 0.613. The number of nitrogens with one attached hydrogen (secondary N) is 1. The number of alkyl halides is 2. The number of aliphatic hydroxyl groups is 1. The van der Waals surface area contributed by atoms with Gasteiger partial charge >= 0.3 is 0 Å². The maximum Gasteiger partial charge on any atom is 0.265 e. The first-order valence-corrected chi connectivity index (χ1v) is 5.94. The zero-order chi connectivity index (χ0) is 12.7. The average molecular weight is 310 g/mol. The molecular formula is C11H14BrF2NO2. The lowest BCUT2D eigenvalue weighted by atomic mass is 10.3. The Balaban J connectivity index is 2.12. The van der Waals surface area contributed by atoms with Crippen LogP contribution in [0, 0.1) is 0 Å². The van der Waals surface area contributed by atoms with Crippen LogP contribution < -0.4 is 10.1 Å². The molecule has 0 heterocycles. The molecule has 0 amide bonds. The van der Waals surface area contributed by atoms with Gasteiger partial charge in [0.25, 0.3) is 6.43 Å². The Bertz CT molecular complexity index is 339. The highest BCUT2D eigenvalue weighted by atomic mass is 79.9. The summed E-state index contributed by atoms with van der Waals surface area (Å²) in [5.74, 6) is 0.704. The number of rotatable bonds is 7. The maximum absolute atomic E-state index is 11.9. The fourth-order valence-electron chi connectivity index (χ4n) is 1.14. The molecule has 0 aliphatic heterocycles. The molecule has 3 nitrogen and oxygen atoms in total. The lowest BCUT2D eigenvalue weighted by molar-refractivity contribution is -0.00346. The third kappa shape index (κ3) is 5.95. The lowest BCUT2D eigenvalue weighted by Crippen LogP contribution is -2.34. The molecule has 1 aromatic carbocycles. The fraction of sp³-hybridized carbons (Fsp3) is 0.455. The van der Waals surface area contributed by atoms with Crippen molar-refractivity contribution >= 4 is 15.9 Å². The van der Waals surface area contributed by atoms with Crippen molar-refractivity contribution in [1.29, 1.82) is 0 Å². The van der Waals surface area contributed by atoms with Crippen LogP contribution in [-0.4, -0.2) is 37.3 Å². The molecule has 0 bridgehead atoms. The molecule has 17 heavy (non-hydrogen) atoms. The van der Waals surface area contributed by atoms with Gasteiger partial charge in [0.2, 0.25) is 0 Å². The number of hydrogen-bond acceptors (Lipinski definition) is 3. The zero-order valence-corrected chi connectivity index (χ0v) is 10.7. The number of aliphatic hydroxyl groups excluding tert-OH is 1. The molecule has 6 heteroatoms. The van der Waals surface area contributed by atoms with E-state index in [0.29, 0.717) is 18.9 Å². The second-order valence-electron chi connectivity index (χ2n) is 3.41. The molecule has 0 spiro atoms. The van der Waals surface area contributed by atoms with E-state index >= 15 is 0 Å². The molecule has 0 aliphatic rings.